The van der Waals surface area contributed by atoms with Crippen LogP contribution in [0.15, 0.2) is 12.1 Å². The van der Waals surface area contributed by atoms with Gasteiger partial charge in [0, 0.05) is 12.2 Å². The minimum Gasteiger partial charge on any atom is -0.369 e. The Hall–Kier alpha value is -1.62. The number of aryl methyl sites for hydroxylation is 1. The van der Waals surface area contributed by atoms with Gasteiger partial charge in [-0.1, -0.05) is 0 Å². The van der Waals surface area contributed by atoms with Gasteiger partial charge < -0.3 is 16.4 Å². The molecule has 1 atom stereocenters. The van der Waals surface area contributed by atoms with E-state index in [9.17, 15) is 4.79 Å². The van der Waals surface area contributed by atoms with Gasteiger partial charge in [0.1, 0.15) is 5.82 Å². The molecule has 0 bridgehead atoms. The zero-order valence-electron chi connectivity index (χ0n) is 9.99. The number of pyridine rings is 1. The van der Waals surface area contributed by atoms with Crippen LogP contribution in [-0.2, 0) is 0 Å². The van der Waals surface area contributed by atoms with E-state index in [1.54, 1.807) is 12.1 Å². The summed E-state index contributed by atoms with van der Waals surface area (Å²) in [5.41, 5.74) is 6.65. The van der Waals surface area contributed by atoms with Gasteiger partial charge in [-0.2, -0.15) is 0 Å². The van der Waals surface area contributed by atoms with E-state index in [0.717, 1.165) is 31.7 Å². The molecule has 1 aliphatic rings. The van der Waals surface area contributed by atoms with Crippen LogP contribution < -0.4 is 16.4 Å². The highest BCUT2D eigenvalue weighted by Gasteiger charge is 2.16. The van der Waals surface area contributed by atoms with Crippen LogP contribution in [0.1, 0.15) is 22.5 Å². The molecule has 1 aliphatic heterocycles. The Morgan fingerprint density at radius 1 is 1.65 bits per heavy atom. The summed E-state index contributed by atoms with van der Waals surface area (Å²) < 4.78 is 0. The first-order valence-electron chi connectivity index (χ1n) is 5.89. The number of hydrogen-bond donors (Lipinski definition) is 3. The Morgan fingerprint density at radius 2 is 2.47 bits per heavy atom. The zero-order chi connectivity index (χ0) is 12.3. The lowest BCUT2D eigenvalue weighted by molar-refractivity contribution is 0.100. The van der Waals surface area contributed by atoms with E-state index in [4.69, 9.17) is 5.73 Å². The van der Waals surface area contributed by atoms with E-state index in [0.29, 0.717) is 17.3 Å². The number of nitrogens with two attached hydrogens (primary N) is 1. The van der Waals surface area contributed by atoms with E-state index in [1.807, 2.05) is 6.92 Å². The molecule has 5 heteroatoms. The molecule has 1 aromatic rings. The van der Waals surface area contributed by atoms with Crippen LogP contribution in [0, 0.1) is 12.8 Å². The first-order chi connectivity index (χ1) is 8.16. The Balaban J connectivity index is 2.07. The number of nitrogens with one attached hydrogen (secondary N) is 2. The van der Waals surface area contributed by atoms with Gasteiger partial charge in [-0.25, -0.2) is 4.98 Å². The number of hydrogen-bond acceptors (Lipinski definition) is 4. The van der Waals surface area contributed by atoms with Crippen molar-refractivity contribution in [3.63, 3.8) is 0 Å². The average Bonchev–Trinajstić information content (AvgIpc) is 2.78. The molecular formula is C12H18N4O. The van der Waals surface area contributed by atoms with Gasteiger partial charge in [0.05, 0.1) is 5.56 Å². The summed E-state index contributed by atoms with van der Waals surface area (Å²) in [5.74, 6) is 0.756. The first-order valence-corrected chi connectivity index (χ1v) is 5.89. The van der Waals surface area contributed by atoms with Gasteiger partial charge in [0.2, 0.25) is 0 Å². The van der Waals surface area contributed by atoms with Crippen molar-refractivity contribution in [2.75, 3.05) is 25.0 Å². The molecule has 92 valence electrons. The molecule has 1 amide bonds. The highest BCUT2D eigenvalue weighted by Crippen LogP contribution is 2.15. The molecule has 0 aromatic carbocycles. The van der Waals surface area contributed by atoms with Gasteiger partial charge in [-0.3, -0.25) is 4.79 Å². The largest absolute Gasteiger partial charge is 0.369 e. The van der Waals surface area contributed by atoms with Crippen molar-refractivity contribution < 1.29 is 4.79 Å². The molecule has 0 aliphatic carbocycles. The van der Waals surface area contributed by atoms with Crippen molar-refractivity contribution in [3.8, 4) is 0 Å². The number of primary amides is 1. The van der Waals surface area contributed by atoms with E-state index < -0.39 is 5.91 Å². The Morgan fingerprint density at radius 3 is 3.12 bits per heavy atom. The monoisotopic (exact) mass is 234 g/mol. The zero-order valence-corrected chi connectivity index (χ0v) is 9.99. The van der Waals surface area contributed by atoms with Gasteiger partial charge in [-0.15, -0.1) is 0 Å². The van der Waals surface area contributed by atoms with E-state index in [2.05, 4.69) is 15.6 Å². The summed E-state index contributed by atoms with van der Waals surface area (Å²) in [6.45, 7) is 4.80. The molecule has 5 nitrogen and oxygen atoms in total. The number of carbonyl (C=O) groups excluding carboxylic acids is 1. The van der Waals surface area contributed by atoms with E-state index >= 15 is 0 Å². The highest BCUT2D eigenvalue weighted by molar-refractivity contribution is 5.97. The second-order valence-corrected chi connectivity index (χ2v) is 4.45. The smallest absolute Gasteiger partial charge is 0.252 e. The fraction of sp³-hybridized carbons (Fsp3) is 0.500. The fourth-order valence-electron chi connectivity index (χ4n) is 2.02. The number of nitrogens with zero attached hydrogens (tertiary/aromatic N) is 1. The maximum atomic E-state index is 11.3. The summed E-state index contributed by atoms with van der Waals surface area (Å²) in [5, 5.41) is 6.53. The molecule has 2 heterocycles. The summed E-state index contributed by atoms with van der Waals surface area (Å²) in [7, 11) is 0. The summed E-state index contributed by atoms with van der Waals surface area (Å²) >= 11 is 0. The number of amides is 1. The van der Waals surface area contributed by atoms with Crippen LogP contribution in [0.2, 0.25) is 0 Å². The average molecular weight is 234 g/mol. The third-order valence-electron chi connectivity index (χ3n) is 3.02. The number of anilines is 1. The quantitative estimate of drug-likeness (QED) is 0.709. The molecule has 1 fully saturated rings. The molecule has 1 saturated heterocycles. The minimum absolute atomic E-state index is 0.440. The lowest BCUT2D eigenvalue weighted by Crippen LogP contribution is -2.21. The van der Waals surface area contributed by atoms with Crippen LogP contribution in [0.5, 0.6) is 0 Å². The standard InChI is InChI=1S/C12H18N4O/c1-8-2-3-10(11(13)17)12(16-8)15-7-9-4-5-14-6-9/h2-3,9,14H,4-7H2,1H3,(H2,13,17)(H,15,16). The summed E-state index contributed by atoms with van der Waals surface area (Å²) in [6.07, 6.45) is 1.16. The van der Waals surface area contributed by atoms with Crippen LogP contribution in [0.3, 0.4) is 0 Å². The maximum absolute atomic E-state index is 11.3. The van der Waals surface area contributed by atoms with E-state index in [1.165, 1.54) is 0 Å². The second-order valence-electron chi connectivity index (χ2n) is 4.45. The minimum atomic E-state index is -0.440. The van der Waals surface area contributed by atoms with Crippen LogP contribution in [0.4, 0.5) is 5.82 Å². The van der Waals surface area contributed by atoms with Crippen LogP contribution in [0.25, 0.3) is 0 Å². The SMILES string of the molecule is Cc1ccc(C(N)=O)c(NCC2CCNC2)n1. The lowest BCUT2D eigenvalue weighted by Gasteiger charge is -2.13. The summed E-state index contributed by atoms with van der Waals surface area (Å²) in [6, 6.07) is 3.52. The highest BCUT2D eigenvalue weighted by atomic mass is 16.1. The molecule has 2 rings (SSSR count). The van der Waals surface area contributed by atoms with E-state index in [-0.39, 0.29) is 0 Å². The predicted molar refractivity (Wildman–Crippen MR) is 67.0 cm³/mol. The van der Waals surface area contributed by atoms with Crippen molar-refractivity contribution in [1.29, 1.82) is 0 Å². The normalized spacial score (nSPS) is 19.2. The molecule has 0 radical (unpaired) electrons. The first kappa shape index (κ1) is 11.9. The summed E-state index contributed by atoms with van der Waals surface area (Å²) in [4.78, 5) is 15.6. The predicted octanol–water partition coefficient (Wildman–Crippen LogP) is 0.510. The lowest BCUT2D eigenvalue weighted by atomic mass is 10.1. The molecular weight excluding hydrogens is 216 g/mol. The second kappa shape index (κ2) is 5.14. The van der Waals surface area contributed by atoms with Crippen molar-refractivity contribution in [2.24, 2.45) is 11.7 Å². The van der Waals surface area contributed by atoms with Gasteiger partial charge in [0.25, 0.3) is 5.91 Å². The Bertz CT molecular complexity index is 413. The molecule has 1 unspecified atom stereocenters. The van der Waals surface area contributed by atoms with Gasteiger partial charge >= 0.3 is 0 Å². The fourth-order valence-corrected chi connectivity index (χ4v) is 2.02. The molecule has 0 spiro atoms. The van der Waals surface area contributed by atoms with Gasteiger partial charge in [0.15, 0.2) is 0 Å². The molecule has 1 aromatic heterocycles. The Labute approximate surface area is 101 Å². The van der Waals surface area contributed by atoms with Crippen molar-refractivity contribution >= 4 is 11.7 Å². The van der Waals surface area contributed by atoms with Crippen molar-refractivity contribution in [2.45, 2.75) is 13.3 Å². The van der Waals surface area contributed by atoms with Crippen LogP contribution >= 0.6 is 0 Å². The third kappa shape index (κ3) is 2.94. The van der Waals surface area contributed by atoms with Crippen molar-refractivity contribution in [1.82, 2.24) is 10.3 Å². The molecule has 4 N–H and O–H groups in total. The van der Waals surface area contributed by atoms with Gasteiger partial charge in [-0.05, 0) is 44.5 Å². The third-order valence-corrected chi connectivity index (χ3v) is 3.02. The topological polar surface area (TPSA) is 80.0 Å². The molecule has 0 saturated carbocycles. The number of carbonyl (C=O) groups is 1. The van der Waals surface area contributed by atoms with Crippen molar-refractivity contribution in [3.05, 3.63) is 23.4 Å². The molecule has 17 heavy (non-hydrogen) atoms. The number of rotatable bonds is 4. The Kier molecular flexibility index (Phi) is 3.58. The van der Waals surface area contributed by atoms with Crippen LogP contribution in [-0.4, -0.2) is 30.5 Å². The maximum Gasteiger partial charge on any atom is 0.252 e. The number of aromatic nitrogens is 1.